The third-order valence-corrected chi connectivity index (χ3v) is 4.91. The van der Waals surface area contributed by atoms with Crippen LogP contribution in [0.1, 0.15) is 44.2 Å². The number of hydrogen-bond acceptors (Lipinski definition) is 3. The Bertz CT molecular complexity index is 848. The molecule has 1 atom stereocenters. The molecule has 0 aliphatic heterocycles. The van der Waals surface area contributed by atoms with Crippen molar-refractivity contribution in [2.24, 2.45) is 0 Å². The zero-order chi connectivity index (χ0) is 22.1. The summed E-state index contributed by atoms with van der Waals surface area (Å²) >= 11 is 0. The molecule has 160 valence electrons. The fourth-order valence-electron chi connectivity index (χ4n) is 3.18. The van der Waals surface area contributed by atoms with E-state index in [4.69, 9.17) is 0 Å². The molecule has 0 aromatic heterocycles. The highest BCUT2D eigenvalue weighted by Gasteiger charge is 2.27. The summed E-state index contributed by atoms with van der Waals surface area (Å²) in [5.41, 5.74) is 2.71. The van der Waals surface area contributed by atoms with Gasteiger partial charge in [-0.2, -0.15) is 0 Å². The first-order valence-corrected chi connectivity index (χ1v) is 10.3. The number of nitrogens with zero attached hydrogens (tertiary/aromatic N) is 1. The van der Waals surface area contributed by atoms with E-state index in [2.05, 4.69) is 10.6 Å². The van der Waals surface area contributed by atoms with Crippen LogP contribution >= 0.6 is 0 Å². The molecule has 2 rings (SSSR count). The number of aryl methyl sites for hydroxylation is 1. The predicted octanol–water partition coefficient (Wildman–Crippen LogP) is 3.48. The smallest absolute Gasteiger partial charge is 0.243 e. The van der Waals surface area contributed by atoms with E-state index in [-0.39, 0.29) is 42.8 Å². The van der Waals surface area contributed by atoms with Gasteiger partial charge in [0.1, 0.15) is 0 Å². The molecule has 0 fully saturated rings. The normalized spacial score (nSPS) is 11.6. The summed E-state index contributed by atoms with van der Waals surface area (Å²) in [7, 11) is 0. The molecule has 30 heavy (non-hydrogen) atoms. The van der Waals surface area contributed by atoms with Crippen LogP contribution in [0.3, 0.4) is 0 Å². The lowest BCUT2D eigenvalue weighted by atomic mass is 9.94. The van der Waals surface area contributed by atoms with Gasteiger partial charge in [0.25, 0.3) is 0 Å². The van der Waals surface area contributed by atoms with Crippen LogP contribution in [-0.2, 0) is 14.4 Å². The van der Waals surface area contributed by atoms with Crippen LogP contribution in [0.2, 0.25) is 0 Å². The Balaban J connectivity index is 1.93. The summed E-state index contributed by atoms with van der Waals surface area (Å²) in [6, 6.07) is 16.9. The number of rotatable bonds is 9. The third kappa shape index (κ3) is 6.72. The van der Waals surface area contributed by atoms with Gasteiger partial charge in [-0.25, -0.2) is 0 Å². The van der Waals surface area contributed by atoms with Crippen LogP contribution in [0.5, 0.6) is 0 Å². The second kappa shape index (κ2) is 11.1. The molecule has 0 saturated heterocycles. The SMILES string of the molecule is CCC(C(=O)N(CC(=O)NCC(=O)Nc1ccc(C)cc1)C(C)C)c1ccccc1. The molecule has 0 aliphatic carbocycles. The maximum atomic E-state index is 13.1. The first-order valence-electron chi connectivity index (χ1n) is 10.3. The van der Waals surface area contributed by atoms with Crippen molar-refractivity contribution in [1.82, 2.24) is 10.2 Å². The molecule has 2 aromatic carbocycles. The highest BCUT2D eigenvalue weighted by molar-refractivity contribution is 5.95. The summed E-state index contributed by atoms with van der Waals surface area (Å²) in [4.78, 5) is 39.2. The molecule has 0 spiro atoms. The van der Waals surface area contributed by atoms with Gasteiger partial charge in [-0.15, -0.1) is 0 Å². The fourth-order valence-corrected chi connectivity index (χ4v) is 3.18. The Hall–Kier alpha value is -3.15. The highest BCUT2D eigenvalue weighted by atomic mass is 16.2. The molecule has 0 heterocycles. The van der Waals surface area contributed by atoms with E-state index in [1.54, 1.807) is 4.90 Å². The second-order valence-corrected chi connectivity index (χ2v) is 7.62. The Morgan fingerprint density at radius 3 is 2.13 bits per heavy atom. The monoisotopic (exact) mass is 409 g/mol. The van der Waals surface area contributed by atoms with Gasteiger partial charge in [0.2, 0.25) is 17.7 Å². The predicted molar refractivity (Wildman–Crippen MR) is 119 cm³/mol. The Kier molecular flexibility index (Phi) is 8.59. The first-order chi connectivity index (χ1) is 14.3. The maximum absolute atomic E-state index is 13.1. The summed E-state index contributed by atoms with van der Waals surface area (Å²) in [6.45, 7) is 7.46. The topological polar surface area (TPSA) is 78.5 Å². The second-order valence-electron chi connectivity index (χ2n) is 7.62. The van der Waals surface area contributed by atoms with Gasteiger partial charge < -0.3 is 15.5 Å². The molecule has 0 aliphatic rings. The Labute approximate surface area is 178 Å². The van der Waals surface area contributed by atoms with Crippen molar-refractivity contribution < 1.29 is 14.4 Å². The third-order valence-electron chi connectivity index (χ3n) is 4.91. The molecule has 2 N–H and O–H groups in total. The average molecular weight is 410 g/mol. The Morgan fingerprint density at radius 2 is 1.57 bits per heavy atom. The Morgan fingerprint density at radius 1 is 0.933 bits per heavy atom. The number of amides is 3. The van der Waals surface area contributed by atoms with Crippen molar-refractivity contribution in [1.29, 1.82) is 0 Å². The fraction of sp³-hybridized carbons (Fsp3) is 0.375. The van der Waals surface area contributed by atoms with Gasteiger partial charge in [-0.05, 0) is 44.9 Å². The van der Waals surface area contributed by atoms with E-state index < -0.39 is 0 Å². The maximum Gasteiger partial charge on any atom is 0.243 e. The summed E-state index contributed by atoms with van der Waals surface area (Å²) in [6.07, 6.45) is 0.645. The van der Waals surface area contributed by atoms with Crippen LogP contribution in [0.15, 0.2) is 54.6 Å². The average Bonchev–Trinajstić information content (AvgIpc) is 2.73. The molecule has 1 unspecified atom stereocenters. The standard InChI is InChI=1S/C24H31N3O3/c1-5-21(19-9-7-6-8-10-19)24(30)27(17(2)3)16-23(29)25-15-22(28)26-20-13-11-18(4)12-14-20/h6-14,17,21H,5,15-16H2,1-4H3,(H,25,29)(H,26,28). The minimum atomic E-state index is -0.362. The molecule has 6 heteroatoms. The largest absolute Gasteiger partial charge is 0.345 e. The number of anilines is 1. The van der Waals surface area contributed by atoms with E-state index >= 15 is 0 Å². The van der Waals surface area contributed by atoms with Crippen LogP contribution < -0.4 is 10.6 Å². The van der Waals surface area contributed by atoms with Crippen molar-refractivity contribution in [3.8, 4) is 0 Å². The number of benzene rings is 2. The minimum Gasteiger partial charge on any atom is -0.345 e. The summed E-state index contributed by atoms with van der Waals surface area (Å²) < 4.78 is 0. The van der Waals surface area contributed by atoms with E-state index in [9.17, 15) is 14.4 Å². The van der Waals surface area contributed by atoms with Crippen molar-refractivity contribution >= 4 is 23.4 Å². The van der Waals surface area contributed by atoms with Gasteiger partial charge in [-0.1, -0.05) is 55.0 Å². The zero-order valence-electron chi connectivity index (χ0n) is 18.1. The molecule has 0 radical (unpaired) electrons. The molecule has 0 bridgehead atoms. The molecular weight excluding hydrogens is 378 g/mol. The van der Waals surface area contributed by atoms with Crippen LogP contribution in [0.25, 0.3) is 0 Å². The van der Waals surface area contributed by atoms with E-state index in [1.807, 2.05) is 82.3 Å². The first kappa shape index (κ1) is 23.1. The number of nitrogens with one attached hydrogen (secondary N) is 2. The van der Waals surface area contributed by atoms with Crippen LogP contribution in [0.4, 0.5) is 5.69 Å². The zero-order valence-corrected chi connectivity index (χ0v) is 18.1. The molecular formula is C24H31N3O3. The number of carbonyl (C=O) groups excluding carboxylic acids is 3. The lowest BCUT2D eigenvalue weighted by Crippen LogP contribution is -2.47. The van der Waals surface area contributed by atoms with Gasteiger partial charge in [0, 0.05) is 11.7 Å². The molecule has 0 saturated carbocycles. The van der Waals surface area contributed by atoms with Gasteiger partial charge in [-0.3, -0.25) is 14.4 Å². The minimum absolute atomic E-state index is 0.0852. The van der Waals surface area contributed by atoms with E-state index in [0.717, 1.165) is 11.1 Å². The highest BCUT2D eigenvalue weighted by Crippen LogP contribution is 2.23. The van der Waals surface area contributed by atoms with E-state index in [1.165, 1.54) is 0 Å². The quantitative estimate of drug-likeness (QED) is 0.666. The van der Waals surface area contributed by atoms with Crippen molar-refractivity contribution in [3.63, 3.8) is 0 Å². The van der Waals surface area contributed by atoms with Crippen LogP contribution in [0, 0.1) is 6.92 Å². The van der Waals surface area contributed by atoms with E-state index in [0.29, 0.717) is 12.1 Å². The number of carbonyl (C=O) groups is 3. The molecule has 2 aromatic rings. The molecule has 6 nitrogen and oxygen atoms in total. The van der Waals surface area contributed by atoms with Crippen molar-refractivity contribution in [2.75, 3.05) is 18.4 Å². The molecule has 3 amide bonds. The van der Waals surface area contributed by atoms with Gasteiger partial charge >= 0.3 is 0 Å². The number of hydrogen-bond donors (Lipinski definition) is 2. The van der Waals surface area contributed by atoms with Crippen molar-refractivity contribution in [2.45, 2.75) is 46.1 Å². The summed E-state index contributed by atoms with van der Waals surface area (Å²) in [5, 5.41) is 5.34. The van der Waals surface area contributed by atoms with Crippen LogP contribution in [-0.4, -0.2) is 41.8 Å². The van der Waals surface area contributed by atoms with Gasteiger partial charge in [0.05, 0.1) is 19.0 Å². The summed E-state index contributed by atoms with van der Waals surface area (Å²) in [5.74, 6) is -1.06. The lowest BCUT2D eigenvalue weighted by molar-refractivity contribution is -0.139. The van der Waals surface area contributed by atoms with Gasteiger partial charge in [0.15, 0.2) is 0 Å². The van der Waals surface area contributed by atoms with Crippen molar-refractivity contribution in [3.05, 3.63) is 65.7 Å². The lowest BCUT2D eigenvalue weighted by Gasteiger charge is -2.30.